The zero-order chi connectivity index (χ0) is 19.4. The molecule has 8 heteroatoms. The highest BCUT2D eigenvalue weighted by Crippen LogP contribution is 2.32. The highest BCUT2D eigenvalue weighted by Gasteiger charge is 2.30. The SMILES string of the molecule is CS(=O)(=O)OCC1Cc2cc(Cl)ccc2N(C(=O)OCc2ccccc2)C1. The van der Waals surface area contributed by atoms with Crippen molar-refractivity contribution in [3.05, 3.63) is 64.7 Å². The highest BCUT2D eigenvalue weighted by atomic mass is 35.5. The van der Waals surface area contributed by atoms with E-state index in [4.69, 9.17) is 20.5 Å². The van der Waals surface area contributed by atoms with Crippen molar-refractivity contribution >= 4 is 33.5 Å². The fraction of sp³-hybridized carbons (Fsp3) is 0.316. The molecule has 0 aromatic heterocycles. The van der Waals surface area contributed by atoms with Gasteiger partial charge in [-0.3, -0.25) is 9.08 Å². The summed E-state index contributed by atoms with van der Waals surface area (Å²) in [5.74, 6) is -0.185. The third-order valence-electron chi connectivity index (χ3n) is 4.23. The van der Waals surface area contributed by atoms with E-state index in [1.807, 2.05) is 30.3 Å². The second kappa shape index (κ2) is 8.29. The number of amides is 1. The summed E-state index contributed by atoms with van der Waals surface area (Å²) >= 11 is 6.08. The number of carbonyl (C=O) groups is 1. The molecule has 1 heterocycles. The molecule has 6 nitrogen and oxygen atoms in total. The molecule has 144 valence electrons. The first-order valence-corrected chi connectivity index (χ1v) is 10.6. The number of ether oxygens (including phenoxy) is 1. The highest BCUT2D eigenvalue weighted by molar-refractivity contribution is 7.85. The summed E-state index contributed by atoms with van der Waals surface area (Å²) in [6.45, 7) is 0.453. The Bertz CT molecular complexity index is 917. The quantitative estimate of drug-likeness (QED) is 0.705. The van der Waals surface area contributed by atoms with Crippen LogP contribution in [-0.4, -0.2) is 33.9 Å². The molecule has 2 aromatic carbocycles. The van der Waals surface area contributed by atoms with Crippen LogP contribution in [0.1, 0.15) is 11.1 Å². The number of rotatable bonds is 5. The van der Waals surface area contributed by atoms with Gasteiger partial charge in [-0.25, -0.2) is 4.79 Å². The topological polar surface area (TPSA) is 72.9 Å². The molecule has 3 rings (SSSR count). The Labute approximate surface area is 163 Å². The summed E-state index contributed by atoms with van der Waals surface area (Å²) in [6.07, 6.45) is 1.08. The largest absolute Gasteiger partial charge is 0.444 e. The molecule has 1 aliphatic rings. The van der Waals surface area contributed by atoms with Crippen LogP contribution in [0.25, 0.3) is 0 Å². The minimum atomic E-state index is -3.55. The van der Waals surface area contributed by atoms with E-state index in [-0.39, 0.29) is 19.1 Å². The number of hydrogen-bond acceptors (Lipinski definition) is 5. The Balaban J connectivity index is 1.76. The molecule has 1 unspecified atom stereocenters. The van der Waals surface area contributed by atoms with E-state index in [1.165, 1.54) is 4.90 Å². The lowest BCUT2D eigenvalue weighted by atomic mass is 9.93. The molecule has 0 saturated carbocycles. The van der Waals surface area contributed by atoms with Crippen LogP contribution in [0.2, 0.25) is 5.02 Å². The number of benzene rings is 2. The lowest BCUT2D eigenvalue weighted by molar-refractivity contribution is 0.143. The van der Waals surface area contributed by atoms with Gasteiger partial charge in [0.15, 0.2) is 0 Å². The van der Waals surface area contributed by atoms with Crippen LogP contribution in [0.15, 0.2) is 48.5 Å². The van der Waals surface area contributed by atoms with Gasteiger partial charge < -0.3 is 4.74 Å². The zero-order valence-electron chi connectivity index (χ0n) is 14.8. The average Bonchev–Trinajstić information content (AvgIpc) is 2.63. The van der Waals surface area contributed by atoms with E-state index in [0.29, 0.717) is 23.7 Å². The van der Waals surface area contributed by atoms with Gasteiger partial charge in [-0.15, -0.1) is 0 Å². The van der Waals surface area contributed by atoms with Crippen molar-refractivity contribution in [2.45, 2.75) is 13.0 Å². The van der Waals surface area contributed by atoms with Gasteiger partial charge in [0.2, 0.25) is 0 Å². The second-order valence-corrected chi connectivity index (χ2v) is 8.56. The lowest BCUT2D eigenvalue weighted by Crippen LogP contribution is -2.42. The van der Waals surface area contributed by atoms with Crippen molar-refractivity contribution in [3.8, 4) is 0 Å². The molecular weight excluding hydrogens is 390 g/mol. The molecule has 0 spiro atoms. The number of fused-ring (bicyclic) bond motifs is 1. The van der Waals surface area contributed by atoms with E-state index in [1.54, 1.807) is 18.2 Å². The summed E-state index contributed by atoms with van der Waals surface area (Å²) in [4.78, 5) is 14.2. The molecule has 1 aliphatic heterocycles. The molecular formula is C19H20ClNO5S. The van der Waals surface area contributed by atoms with E-state index in [2.05, 4.69) is 0 Å². The van der Waals surface area contributed by atoms with Crippen LogP contribution in [0.3, 0.4) is 0 Å². The van der Waals surface area contributed by atoms with Gasteiger partial charge in [-0.1, -0.05) is 41.9 Å². The molecule has 0 N–H and O–H groups in total. The van der Waals surface area contributed by atoms with Crippen molar-refractivity contribution in [1.82, 2.24) is 0 Å². The molecule has 1 amide bonds. The van der Waals surface area contributed by atoms with Crippen LogP contribution in [0.4, 0.5) is 10.5 Å². The van der Waals surface area contributed by atoms with Gasteiger partial charge in [-0.2, -0.15) is 8.42 Å². The molecule has 0 bridgehead atoms. The molecule has 1 atom stereocenters. The molecule has 0 aliphatic carbocycles. The Hall–Kier alpha value is -2.09. The number of nitrogens with zero attached hydrogens (tertiary/aromatic N) is 1. The van der Waals surface area contributed by atoms with Crippen LogP contribution >= 0.6 is 11.6 Å². The third kappa shape index (κ3) is 5.45. The van der Waals surface area contributed by atoms with Crippen molar-refractivity contribution in [2.75, 3.05) is 24.3 Å². The van der Waals surface area contributed by atoms with Crippen LogP contribution in [0, 0.1) is 5.92 Å². The van der Waals surface area contributed by atoms with Crippen LogP contribution in [-0.2, 0) is 32.1 Å². The maximum atomic E-state index is 12.7. The van der Waals surface area contributed by atoms with E-state index in [0.717, 1.165) is 17.4 Å². The minimum Gasteiger partial charge on any atom is -0.444 e. The predicted molar refractivity (Wildman–Crippen MR) is 103 cm³/mol. The molecule has 27 heavy (non-hydrogen) atoms. The standard InChI is InChI=1S/C19H20ClNO5S/c1-27(23,24)26-13-15-9-16-10-17(20)7-8-18(16)21(11-15)19(22)25-12-14-5-3-2-4-6-14/h2-8,10,15H,9,11-13H2,1H3. The summed E-state index contributed by atoms with van der Waals surface area (Å²) in [6, 6.07) is 14.7. The van der Waals surface area contributed by atoms with Gasteiger partial charge in [0.05, 0.1) is 18.6 Å². The molecule has 0 radical (unpaired) electrons. The Morgan fingerprint density at radius 2 is 1.96 bits per heavy atom. The van der Waals surface area contributed by atoms with Crippen molar-refractivity contribution in [2.24, 2.45) is 5.92 Å². The number of halogens is 1. The van der Waals surface area contributed by atoms with E-state index < -0.39 is 16.2 Å². The summed E-state index contributed by atoms with van der Waals surface area (Å²) in [5.41, 5.74) is 2.46. The van der Waals surface area contributed by atoms with Crippen molar-refractivity contribution in [1.29, 1.82) is 0 Å². The fourth-order valence-corrected chi connectivity index (χ4v) is 3.65. The second-order valence-electron chi connectivity index (χ2n) is 6.48. The normalized spacial score (nSPS) is 16.7. The van der Waals surface area contributed by atoms with Gasteiger partial charge >= 0.3 is 6.09 Å². The molecule has 0 fully saturated rings. The Kier molecular flexibility index (Phi) is 6.04. The summed E-state index contributed by atoms with van der Waals surface area (Å²) in [7, 11) is -3.55. The smallest absolute Gasteiger partial charge is 0.414 e. The first kappa shape index (κ1) is 19.7. The zero-order valence-corrected chi connectivity index (χ0v) is 16.4. The van der Waals surface area contributed by atoms with Gasteiger partial charge in [-0.05, 0) is 35.7 Å². The Morgan fingerprint density at radius 3 is 2.67 bits per heavy atom. The maximum absolute atomic E-state index is 12.7. The molecule has 0 saturated heterocycles. The maximum Gasteiger partial charge on any atom is 0.414 e. The minimum absolute atomic E-state index is 0.00669. The van der Waals surface area contributed by atoms with Gasteiger partial charge in [0, 0.05) is 17.5 Å². The summed E-state index contributed by atoms with van der Waals surface area (Å²) < 4.78 is 33.0. The van der Waals surface area contributed by atoms with Crippen LogP contribution in [0.5, 0.6) is 0 Å². The first-order valence-electron chi connectivity index (χ1n) is 8.43. The van der Waals surface area contributed by atoms with E-state index >= 15 is 0 Å². The van der Waals surface area contributed by atoms with Crippen molar-refractivity contribution < 1.29 is 22.1 Å². The van der Waals surface area contributed by atoms with Crippen molar-refractivity contribution in [3.63, 3.8) is 0 Å². The van der Waals surface area contributed by atoms with Gasteiger partial charge in [0.25, 0.3) is 10.1 Å². The average molecular weight is 410 g/mol. The lowest BCUT2D eigenvalue weighted by Gasteiger charge is -2.33. The van der Waals surface area contributed by atoms with E-state index in [9.17, 15) is 13.2 Å². The fourth-order valence-electron chi connectivity index (χ4n) is 3.01. The summed E-state index contributed by atoms with van der Waals surface area (Å²) in [5, 5.41) is 0.552. The number of carbonyl (C=O) groups excluding carboxylic acids is 1. The Morgan fingerprint density at radius 1 is 1.22 bits per heavy atom. The number of anilines is 1. The van der Waals surface area contributed by atoms with Gasteiger partial charge in [0.1, 0.15) is 6.61 Å². The first-order chi connectivity index (χ1) is 12.8. The number of hydrogen-bond donors (Lipinski definition) is 0. The molecule has 2 aromatic rings. The predicted octanol–water partition coefficient (Wildman–Crippen LogP) is 3.63. The third-order valence-corrected chi connectivity index (χ3v) is 5.02. The monoisotopic (exact) mass is 409 g/mol. The van der Waals surface area contributed by atoms with Crippen LogP contribution < -0.4 is 4.90 Å².